The van der Waals surface area contributed by atoms with E-state index >= 15 is 0 Å². The fourth-order valence-electron chi connectivity index (χ4n) is 17.8. The zero-order valence-electron chi connectivity index (χ0n) is 74.6. The van der Waals surface area contributed by atoms with Gasteiger partial charge in [-0.2, -0.15) is 38.5 Å². The number of hydrogen-bond acceptors (Lipinski definition) is 28. The van der Waals surface area contributed by atoms with Crippen LogP contribution in [0.15, 0.2) is 98.1 Å². The number of piperidine rings is 4. The zero-order chi connectivity index (χ0) is 93.8. The molecule has 12 aromatic heterocycles. The third-order valence-corrected chi connectivity index (χ3v) is 26.5. The first-order valence-electron chi connectivity index (χ1n) is 44.1. The van der Waals surface area contributed by atoms with E-state index in [1.807, 2.05) is 52.5 Å². The molecule has 0 spiro atoms. The summed E-state index contributed by atoms with van der Waals surface area (Å²) in [6, 6.07) is 8.50. The molecule has 20 rings (SSSR count). The zero-order valence-corrected chi connectivity index (χ0v) is 74.6. The SMILES string of the molecule is C[C@@H]1CC[C@H](c2nc3c4cc(F)cc(F)c4nc(N)n3n2)CN1c1cnn([C@H](C)[C@@H](C)O)c1.C[C@@H]1CC[C@H](c2nc3c4cc(F)cc(F)c4nc(N)n3n2)CN1c1cnn([C@H](C)[C@@H](C)O)c1.C[C@H](O)[C@H](C)n1cc(N2C[C@@H](c3nc4c5cc(F)cc(F)c5nc(N)n4n3)CC[C@H]2C)cn1.C[C@H]([C@@H](C)O)n1cc(N2C[C@H](c3nc4c5cc(F)cc(F)c5nc(N)n4n3)CC[C@@H]2C)cn1. The van der Waals surface area contributed by atoms with Crippen LogP contribution in [0.3, 0.4) is 0 Å². The molecule has 44 heteroatoms. The molecule has 16 heterocycles. The van der Waals surface area contributed by atoms with E-state index in [-0.39, 0.29) is 162 Å². The lowest BCUT2D eigenvalue weighted by Gasteiger charge is -2.37. The van der Waals surface area contributed by atoms with E-state index in [1.54, 1.807) is 71.2 Å². The van der Waals surface area contributed by atoms with E-state index in [0.29, 0.717) is 49.5 Å². The molecule has 0 bridgehead atoms. The number of nitrogens with zero attached hydrogens (tertiary/aromatic N) is 28. The molecule has 16 aromatic rings. The Labute approximate surface area is 749 Å². The van der Waals surface area contributed by atoms with Crippen LogP contribution in [0.5, 0.6) is 0 Å². The summed E-state index contributed by atoms with van der Waals surface area (Å²) in [6.45, 7) is 25.9. The molecular weight excluding hydrogens is 1720 g/mol. The Hall–Kier alpha value is -13.4. The second-order valence-electron chi connectivity index (χ2n) is 35.6. The summed E-state index contributed by atoms with van der Waals surface area (Å²) in [5.41, 5.74) is 28.9. The molecule has 0 saturated carbocycles. The minimum Gasteiger partial charge on any atom is -0.391 e. The molecule has 4 aliphatic heterocycles. The van der Waals surface area contributed by atoms with E-state index in [1.165, 1.54) is 42.3 Å². The quantitative estimate of drug-likeness (QED) is 0.0416. The summed E-state index contributed by atoms with van der Waals surface area (Å²) in [5.74, 6) is -3.80. The topological polar surface area (TPSA) is 442 Å². The van der Waals surface area contributed by atoms with Crippen molar-refractivity contribution in [3.05, 3.63) is 168 Å². The van der Waals surface area contributed by atoms with Gasteiger partial charge in [-0.15, -0.1) is 20.4 Å². The minimum absolute atomic E-state index is 0.00354. The van der Waals surface area contributed by atoms with Gasteiger partial charge in [-0.1, -0.05) is 0 Å². The van der Waals surface area contributed by atoms with Gasteiger partial charge in [-0.05, 0) is 159 Å². The van der Waals surface area contributed by atoms with Gasteiger partial charge in [0.15, 0.2) is 69.2 Å². The monoisotopic (exact) mass is 1820 g/mol. The Morgan fingerprint density at radius 1 is 0.295 bits per heavy atom. The number of halogens is 8. The van der Waals surface area contributed by atoms with Crippen molar-refractivity contribution < 1.29 is 55.5 Å². The number of rotatable bonds is 16. The van der Waals surface area contributed by atoms with Gasteiger partial charge in [0, 0.05) is 123 Å². The molecule has 0 unspecified atom stereocenters. The highest BCUT2D eigenvalue weighted by molar-refractivity contribution is 5.95. The van der Waals surface area contributed by atoms with Crippen molar-refractivity contribution in [1.82, 2.24) is 117 Å². The fourth-order valence-corrected chi connectivity index (χ4v) is 17.8. The van der Waals surface area contributed by atoms with Gasteiger partial charge in [-0.25, -0.2) is 75.0 Å². The van der Waals surface area contributed by atoms with E-state index in [4.69, 9.17) is 22.9 Å². The van der Waals surface area contributed by atoms with Crippen molar-refractivity contribution in [1.29, 1.82) is 0 Å². The van der Waals surface area contributed by atoms with Gasteiger partial charge < -0.3 is 63.0 Å². The number of nitrogen functional groups attached to an aromatic ring is 4. The fraction of sp³-hybridized carbons (Fsp3) is 0.455. The maximum Gasteiger partial charge on any atom is 0.223 e. The molecule has 0 amide bonds. The lowest BCUT2D eigenvalue weighted by molar-refractivity contribution is 0.132. The van der Waals surface area contributed by atoms with Crippen LogP contribution in [0.25, 0.3) is 66.2 Å². The number of anilines is 8. The molecule has 36 nitrogen and oxygen atoms in total. The summed E-state index contributed by atoms with van der Waals surface area (Å²) in [5, 5.41) is 76.3. The molecule has 4 saturated heterocycles. The summed E-state index contributed by atoms with van der Waals surface area (Å²) in [6.07, 6.45) is 20.0. The highest BCUT2D eigenvalue weighted by atomic mass is 19.2. The average Bonchev–Trinajstić information content (AvgIpc) is 1.57. The van der Waals surface area contributed by atoms with Crippen LogP contribution < -0.4 is 42.5 Å². The lowest BCUT2D eigenvalue weighted by Crippen LogP contribution is -2.41. The first-order valence-corrected chi connectivity index (χ1v) is 44.1. The first-order chi connectivity index (χ1) is 62.9. The molecule has 0 radical (unpaired) electrons. The normalized spacial score (nSPS) is 21.1. The summed E-state index contributed by atoms with van der Waals surface area (Å²) in [4.78, 5) is 43.8. The van der Waals surface area contributed by atoms with Crippen LogP contribution in [0.1, 0.15) is 206 Å². The van der Waals surface area contributed by atoms with Crippen LogP contribution in [0, 0.1) is 46.5 Å². The summed E-state index contributed by atoms with van der Waals surface area (Å²) >= 11 is 0. The third kappa shape index (κ3) is 17.5. The van der Waals surface area contributed by atoms with Crippen LogP contribution in [0.4, 0.5) is 81.7 Å². The Bertz CT molecular complexity index is 6150. The Morgan fingerprint density at radius 3 is 0.682 bits per heavy atom. The number of nitrogens with two attached hydrogens (primary N) is 4. The van der Waals surface area contributed by atoms with E-state index in [0.717, 1.165) is 98.4 Å². The molecular formula is C88H104F8N32O4. The van der Waals surface area contributed by atoms with Crippen LogP contribution in [0.2, 0.25) is 0 Å². The molecule has 4 aliphatic rings. The second kappa shape index (κ2) is 36.1. The minimum atomic E-state index is -0.787. The molecule has 4 aromatic carbocycles. The van der Waals surface area contributed by atoms with Crippen molar-refractivity contribution >= 4 is 113 Å². The first kappa shape index (κ1) is 90.6. The molecule has 12 N–H and O–H groups in total. The number of hydrogen-bond donors (Lipinski definition) is 8. The smallest absolute Gasteiger partial charge is 0.223 e. The van der Waals surface area contributed by atoms with E-state index in [2.05, 4.69) is 128 Å². The summed E-state index contributed by atoms with van der Waals surface area (Å²) in [7, 11) is 0. The van der Waals surface area contributed by atoms with Gasteiger partial charge in [0.25, 0.3) is 0 Å². The van der Waals surface area contributed by atoms with Crippen molar-refractivity contribution in [2.45, 2.75) is 231 Å². The van der Waals surface area contributed by atoms with Crippen LogP contribution in [-0.4, -0.2) is 213 Å². The highest BCUT2D eigenvalue weighted by Gasteiger charge is 2.38. The Balaban J connectivity index is 0.000000123. The number of aromatic nitrogens is 24. The third-order valence-electron chi connectivity index (χ3n) is 26.5. The maximum atomic E-state index is 14.3. The van der Waals surface area contributed by atoms with Crippen molar-refractivity contribution in [2.75, 3.05) is 68.7 Å². The van der Waals surface area contributed by atoms with Crippen LogP contribution in [-0.2, 0) is 0 Å². The van der Waals surface area contributed by atoms with Crippen LogP contribution >= 0.6 is 0 Å². The summed E-state index contributed by atoms with van der Waals surface area (Å²) < 4.78 is 125. The molecule has 4 fully saturated rings. The number of aliphatic hydroxyl groups excluding tert-OH is 4. The number of aliphatic hydroxyl groups is 4. The van der Waals surface area contributed by atoms with Gasteiger partial charge in [-0.3, -0.25) is 18.7 Å². The molecule has 132 heavy (non-hydrogen) atoms. The predicted octanol–water partition coefficient (Wildman–Crippen LogP) is 12.2. The second-order valence-corrected chi connectivity index (χ2v) is 35.6. The van der Waals surface area contributed by atoms with Crippen molar-refractivity contribution in [3.63, 3.8) is 0 Å². The van der Waals surface area contributed by atoms with Gasteiger partial charge in [0.05, 0.1) is 118 Å². The Morgan fingerprint density at radius 2 is 0.492 bits per heavy atom. The number of fused-ring (bicyclic) bond motifs is 12. The number of benzene rings is 4. The van der Waals surface area contributed by atoms with Crippen molar-refractivity contribution in [2.24, 2.45) is 0 Å². The highest BCUT2D eigenvalue weighted by Crippen LogP contribution is 2.41. The predicted molar refractivity (Wildman–Crippen MR) is 480 cm³/mol. The average molecular weight is 1830 g/mol. The van der Waals surface area contributed by atoms with Gasteiger partial charge in [0.1, 0.15) is 45.3 Å². The van der Waals surface area contributed by atoms with Gasteiger partial charge in [0.2, 0.25) is 23.8 Å². The maximum absolute atomic E-state index is 14.3. The standard InChI is InChI=1S/4C22H26F2N8O/c4*1-11-4-5-14(9-30(11)16-8-26-31(10-16)12(2)13(3)33)20-28-21-17-6-15(23)7-18(24)19(17)27-22(25)32(21)29-20/h4*6-8,10-14,33H,4-5,9H2,1-3H3,(H2,25,27)/t2*11-,12+,13+,14+;2*11-,12-,13-,14+/m1011/s1. The molecule has 696 valence electrons. The molecule has 0 aliphatic carbocycles. The Kier molecular flexibility index (Phi) is 24.8. The van der Waals surface area contributed by atoms with Gasteiger partial charge >= 0.3 is 0 Å². The van der Waals surface area contributed by atoms with E-state index < -0.39 is 71.0 Å². The lowest BCUT2D eigenvalue weighted by atomic mass is 9.92. The van der Waals surface area contributed by atoms with E-state index in [9.17, 15) is 55.5 Å². The van der Waals surface area contributed by atoms with Crippen molar-refractivity contribution in [3.8, 4) is 0 Å². The molecule has 16 atom stereocenters. The largest absolute Gasteiger partial charge is 0.391 e.